The van der Waals surface area contributed by atoms with Gasteiger partial charge in [0.25, 0.3) is 0 Å². The van der Waals surface area contributed by atoms with Crippen molar-refractivity contribution in [2.45, 2.75) is 19.1 Å². The van der Waals surface area contributed by atoms with Crippen molar-refractivity contribution in [3.63, 3.8) is 0 Å². The standard InChI is InChI=1S/C22H25N5O2/c28-22(21(19-7-3-8-23-15-19)26-11-13-29-14-12-26)24-16-18-5-1-2-6-20(18)17-27-10-4-9-25-27/h1-10,15,21H,11-14,16-17H2,(H,24,28)/t21-/m1/s1. The minimum Gasteiger partial charge on any atom is -0.379 e. The molecule has 0 bridgehead atoms. The van der Waals surface area contributed by atoms with E-state index in [1.54, 1.807) is 18.6 Å². The summed E-state index contributed by atoms with van der Waals surface area (Å²) in [5.74, 6) is -0.0196. The predicted molar refractivity (Wildman–Crippen MR) is 109 cm³/mol. The van der Waals surface area contributed by atoms with Crippen LogP contribution in [0.1, 0.15) is 22.7 Å². The Hall–Kier alpha value is -3.03. The van der Waals surface area contributed by atoms with Crippen LogP contribution < -0.4 is 5.32 Å². The summed E-state index contributed by atoms with van der Waals surface area (Å²) in [5.41, 5.74) is 3.13. The number of ether oxygens (including phenoxy) is 1. The van der Waals surface area contributed by atoms with Crippen LogP contribution in [0.15, 0.2) is 67.3 Å². The third-order valence-electron chi connectivity index (χ3n) is 5.12. The van der Waals surface area contributed by atoms with Crippen molar-refractivity contribution < 1.29 is 9.53 Å². The predicted octanol–water partition coefficient (Wildman–Crippen LogP) is 2.02. The third-order valence-corrected chi connectivity index (χ3v) is 5.12. The number of hydrogen-bond donors (Lipinski definition) is 1. The van der Waals surface area contributed by atoms with Gasteiger partial charge in [0.1, 0.15) is 6.04 Å². The summed E-state index contributed by atoms with van der Waals surface area (Å²) >= 11 is 0. The van der Waals surface area contributed by atoms with E-state index < -0.39 is 0 Å². The summed E-state index contributed by atoms with van der Waals surface area (Å²) in [6, 6.07) is 13.5. The molecule has 150 valence electrons. The molecule has 1 amide bonds. The Balaban J connectivity index is 1.48. The normalized spacial score (nSPS) is 15.7. The molecule has 3 aromatic rings. The zero-order chi connectivity index (χ0) is 19.9. The van der Waals surface area contributed by atoms with Gasteiger partial charge in [-0.2, -0.15) is 5.10 Å². The van der Waals surface area contributed by atoms with Crippen LogP contribution >= 0.6 is 0 Å². The van der Waals surface area contributed by atoms with Gasteiger partial charge < -0.3 is 10.1 Å². The SMILES string of the molecule is O=C(NCc1ccccc1Cn1cccn1)[C@@H](c1cccnc1)N1CCOCC1. The molecule has 0 radical (unpaired) electrons. The summed E-state index contributed by atoms with van der Waals surface area (Å²) < 4.78 is 7.34. The molecule has 0 saturated carbocycles. The first-order valence-electron chi connectivity index (χ1n) is 9.85. The van der Waals surface area contributed by atoms with Gasteiger partial charge in [0.05, 0.1) is 19.8 Å². The highest BCUT2D eigenvalue weighted by Crippen LogP contribution is 2.22. The Bertz CT molecular complexity index is 908. The third kappa shape index (κ3) is 4.88. The quantitative estimate of drug-likeness (QED) is 0.667. The molecule has 7 heteroatoms. The van der Waals surface area contributed by atoms with Crippen LogP contribution in [0.3, 0.4) is 0 Å². The fourth-order valence-electron chi connectivity index (χ4n) is 3.63. The molecule has 1 aliphatic rings. The number of rotatable bonds is 7. The number of pyridine rings is 1. The molecule has 0 aliphatic carbocycles. The largest absolute Gasteiger partial charge is 0.379 e. The molecule has 2 aromatic heterocycles. The molecular formula is C22H25N5O2. The van der Waals surface area contributed by atoms with Crippen LogP contribution in [0.2, 0.25) is 0 Å². The topological polar surface area (TPSA) is 72.3 Å². The van der Waals surface area contributed by atoms with Gasteiger partial charge >= 0.3 is 0 Å². The molecule has 0 spiro atoms. The molecule has 1 aliphatic heterocycles. The van der Waals surface area contributed by atoms with Crippen molar-refractivity contribution in [1.82, 2.24) is 25.0 Å². The maximum atomic E-state index is 13.2. The number of benzene rings is 1. The van der Waals surface area contributed by atoms with Gasteiger partial charge in [-0.25, -0.2) is 0 Å². The smallest absolute Gasteiger partial charge is 0.242 e. The second-order valence-electron chi connectivity index (χ2n) is 7.03. The summed E-state index contributed by atoms with van der Waals surface area (Å²) in [6.07, 6.45) is 7.20. The van der Waals surface area contributed by atoms with E-state index in [4.69, 9.17) is 4.74 Å². The number of nitrogens with zero attached hydrogens (tertiary/aromatic N) is 4. The molecule has 1 saturated heterocycles. The second-order valence-corrected chi connectivity index (χ2v) is 7.03. The molecule has 0 unspecified atom stereocenters. The Labute approximate surface area is 170 Å². The Morgan fingerprint density at radius 2 is 1.90 bits per heavy atom. The van der Waals surface area contributed by atoms with Crippen LogP contribution in [0.4, 0.5) is 0 Å². The van der Waals surface area contributed by atoms with E-state index in [0.717, 1.165) is 29.8 Å². The maximum absolute atomic E-state index is 13.2. The highest BCUT2D eigenvalue weighted by atomic mass is 16.5. The first-order valence-corrected chi connectivity index (χ1v) is 9.85. The molecule has 1 N–H and O–H groups in total. The summed E-state index contributed by atoms with van der Waals surface area (Å²) in [5, 5.41) is 7.42. The van der Waals surface area contributed by atoms with Crippen LogP contribution in [0, 0.1) is 0 Å². The highest BCUT2D eigenvalue weighted by molar-refractivity contribution is 5.83. The number of morpholine rings is 1. The summed E-state index contributed by atoms with van der Waals surface area (Å²) in [7, 11) is 0. The van der Waals surface area contributed by atoms with Crippen molar-refractivity contribution in [1.29, 1.82) is 0 Å². The van der Waals surface area contributed by atoms with E-state index in [0.29, 0.717) is 26.3 Å². The van der Waals surface area contributed by atoms with Gasteiger partial charge in [-0.15, -0.1) is 0 Å². The first-order chi connectivity index (χ1) is 14.3. The summed E-state index contributed by atoms with van der Waals surface area (Å²) in [4.78, 5) is 19.6. The molecule has 1 aromatic carbocycles. The van der Waals surface area contributed by atoms with E-state index in [1.165, 1.54) is 0 Å². The summed E-state index contributed by atoms with van der Waals surface area (Å²) in [6.45, 7) is 3.87. The number of hydrogen-bond acceptors (Lipinski definition) is 5. The van der Waals surface area contributed by atoms with Gasteiger partial charge in [-0.3, -0.25) is 19.4 Å². The highest BCUT2D eigenvalue weighted by Gasteiger charge is 2.29. The van der Waals surface area contributed by atoms with Crippen LogP contribution in [-0.4, -0.2) is 51.9 Å². The number of carbonyl (C=O) groups is 1. The molecule has 1 atom stereocenters. The molecule has 29 heavy (non-hydrogen) atoms. The number of amides is 1. The van der Waals surface area contributed by atoms with Gasteiger partial charge in [0.15, 0.2) is 0 Å². The average Bonchev–Trinajstić information content (AvgIpc) is 3.28. The fraction of sp³-hybridized carbons (Fsp3) is 0.318. The fourth-order valence-corrected chi connectivity index (χ4v) is 3.63. The van der Waals surface area contributed by atoms with Gasteiger partial charge in [0.2, 0.25) is 5.91 Å². The van der Waals surface area contributed by atoms with E-state index in [2.05, 4.69) is 26.4 Å². The zero-order valence-corrected chi connectivity index (χ0v) is 16.3. The molecular weight excluding hydrogens is 366 g/mol. The monoisotopic (exact) mass is 391 g/mol. The number of aromatic nitrogens is 3. The minimum atomic E-state index is -0.370. The van der Waals surface area contributed by atoms with Crippen molar-refractivity contribution in [2.24, 2.45) is 0 Å². The first kappa shape index (κ1) is 19.3. The maximum Gasteiger partial charge on any atom is 0.242 e. The Kier molecular flexibility index (Phi) is 6.29. The van der Waals surface area contributed by atoms with E-state index in [9.17, 15) is 4.79 Å². The van der Waals surface area contributed by atoms with Crippen LogP contribution in [0.5, 0.6) is 0 Å². The van der Waals surface area contributed by atoms with Gasteiger partial charge in [-0.05, 0) is 28.8 Å². The molecule has 4 rings (SSSR count). The Morgan fingerprint density at radius 1 is 1.07 bits per heavy atom. The van der Waals surface area contributed by atoms with E-state index in [-0.39, 0.29) is 11.9 Å². The van der Waals surface area contributed by atoms with Crippen LogP contribution in [0.25, 0.3) is 0 Å². The van der Waals surface area contributed by atoms with Crippen molar-refractivity contribution >= 4 is 5.91 Å². The lowest BCUT2D eigenvalue weighted by molar-refractivity contribution is -0.128. The van der Waals surface area contributed by atoms with Crippen LogP contribution in [-0.2, 0) is 22.6 Å². The number of carbonyl (C=O) groups excluding carboxylic acids is 1. The molecule has 3 heterocycles. The van der Waals surface area contributed by atoms with Gasteiger partial charge in [0, 0.05) is 44.4 Å². The average molecular weight is 391 g/mol. The lowest BCUT2D eigenvalue weighted by Gasteiger charge is -2.33. The molecule has 1 fully saturated rings. The zero-order valence-electron chi connectivity index (χ0n) is 16.3. The van der Waals surface area contributed by atoms with E-state index in [1.807, 2.05) is 47.3 Å². The van der Waals surface area contributed by atoms with Gasteiger partial charge in [-0.1, -0.05) is 30.3 Å². The molecule has 7 nitrogen and oxygen atoms in total. The van der Waals surface area contributed by atoms with Crippen molar-refractivity contribution in [3.8, 4) is 0 Å². The minimum absolute atomic E-state index is 0.0196. The van der Waals surface area contributed by atoms with E-state index >= 15 is 0 Å². The lowest BCUT2D eigenvalue weighted by atomic mass is 10.0. The number of nitrogens with one attached hydrogen (secondary N) is 1. The lowest BCUT2D eigenvalue weighted by Crippen LogP contribution is -2.45. The van der Waals surface area contributed by atoms with Crippen molar-refractivity contribution in [3.05, 3.63) is 83.9 Å². The van der Waals surface area contributed by atoms with Crippen molar-refractivity contribution in [2.75, 3.05) is 26.3 Å². The second kappa shape index (κ2) is 9.45. The Morgan fingerprint density at radius 3 is 2.62 bits per heavy atom.